The zero-order valence-electron chi connectivity index (χ0n) is 5.36. The number of hydrogen-bond acceptors (Lipinski definition) is 4. The normalized spacial score (nSPS) is 9.78. The molecule has 0 radical (unpaired) electrons. The molecule has 0 aromatic carbocycles. The molecule has 0 aromatic rings. The van der Waals surface area contributed by atoms with Crippen LogP contribution in [0, 0.1) is 0 Å². The first-order valence-corrected chi connectivity index (χ1v) is 3.36. The van der Waals surface area contributed by atoms with Crippen molar-refractivity contribution < 1.29 is 18.4 Å². The van der Waals surface area contributed by atoms with Crippen LogP contribution in [0.1, 0.15) is 13.8 Å². The van der Waals surface area contributed by atoms with E-state index in [-0.39, 0.29) is 43.2 Å². The van der Waals surface area contributed by atoms with Gasteiger partial charge in [-0.3, -0.25) is 0 Å². The molecule has 0 unspecified atom stereocenters. The Morgan fingerprint density at radius 2 is 1.44 bits per heavy atom. The van der Waals surface area contributed by atoms with E-state index in [1.165, 1.54) is 13.8 Å². The molecule has 9 heavy (non-hydrogen) atoms. The molecular weight excluding hydrogens is 172 g/mol. The van der Waals surface area contributed by atoms with Gasteiger partial charge in [-0.05, 0) is 13.8 Å². The van der Waals surface area contributed by atoms with E-state index in [4.69, 9.17) is 0 Å². The number of hydrogen-bond donors (Lipinski definition) is 0. The van der Waals surface area contributed by atoms with E-state index in [0.717, 1.165) is 0 Å². The van der Waals surface area contributed by atoms with E-state index in [0.29, 0.717) is 0 Å². The van der Waals surface area contributed by atoms with Crippen LogP contribution in [0.25, 0.3) is 0 Å². The number of rotatable bonds is 1. The molecule has 0 bridgehead atoms. The van der Waals surface area contributed by atoms with E-state index < -0.39 is 15.4 Å². The van der Waals surface area contributed by atoms with E-state index in [9.17, 15) is 13.0 Å². The molecule has 6 heteroatoms. The third-order valence-electron chi connectivity index (χ3n) is 0.577. The van der Waals surface area contributed by atoms with E-state index in [2.05, 4.69) is 0 Å². The van der Waals surface area contributed by atoms with Crippen LogP contribution < -0.4 is 0 Å². The average Bonchev–Trinajstić information content (AvgIpc) is 1.31. The Labute approximate surface area is 84.7 Å². The molecule has 0 aliphatic heterocycles. The summed E-state index contributed by atoms with van der Waals surface area (Å²) in [6, 6.07) is 0. The topological polar surface area (TPSA) is 87.2 Å². The summed E-state index contributed by atoms with van der Waals surface area (Å²) in [7, 11) is -3.99. The molecule has 0 aromatic heterocycles. The van der Waals surface area contributed by atoms with Gasteiger partial charge in [0.05, 0.1) is 10.1 Å². The second-order valence-corrected chi connectivity index (χ2v) is 3.47. The summed E-state index contributed by atoms with van der Waals surface area (Å²) in [6.07, 6.45) is 0. The third kappa shape index (κ3) is 9.13. The molecule has 0 spiro atoms. The molecule has 0 heterocycles. The fourth-order valence-corrected chi connectivity index (χ4v) is 0. The summed E-state index contributed by atoms with van der Waals surface area (Å²) in [5.41, 5.74) is 0. The van der Waals surface area contributed by atoms with Gasteiger partial charge in [0.2, 0.25) is 0 Å². The van der Waals surface area contributed by atoms with Gasteiger partial charge in [0.25, 0.3) is 0 Å². The summed E-state index contributed by atoms with van der Waals surface area (Å²) >= 11 is 0. The van der Waals surface area contributed by atoms with Crippen molar-refractivity contribution in [2.45, 2.75) is 19.1 Å². The second-order valence-electron chi connectivity index (χ2n) is 1.54. The first-order chi connectivity index (χ1) is 2.94. The summed E-state index contributed by atoms with van der Waals surface area (Å²) in [6.45, 7) is 2.70. The van der Waals surface area contributed by atoms with Gasteiger partial charge in [-0.15, -0.1) is 0 Å². The molecule has 52 valence electrons. The molecule has 0 saturated heterocycles. The molecule has 0 amide bonds. The SMILES string of the molecule is CC(C)S(=O)(=O)[O-].[Ca+2].[OH-]. The predicted octanol–water partition coefficient (Wildman–Crippen LogP) is -0.618. The zero-order valence-corrected chi connectivity index (χ0v) is 8.39. The maximum Gasteiger partial charge on any atom is 2.00 e. The molecule has 0 rings (SSSR count). The second kappa shape index (κ2) is 5.88. The van der Waals surface area contributed by atoms with Gasteiger partial charge in [-0.25, -0.2) is 8.42 Å². The largest absolute Gasteiger partial charge is 2.00 e. The molecule has 0 saturated carbocycles. The Morgan fingerprint density at radius 3 is 1.44 bits per heavy atom. The molecule has 0 aliphatic carbocycles. The van der Waals surface area contributed by atoms with Crippen molar-refractivity contribution in [2.75, 3.05) is 0 Å². The van der Waals surface area contributed by atoms with Gasteiger partial charge in [-0.2, -0.15) is 0 Å². The Morgan fingerprint density at radius 1 is 1.33 bits per heavy atom. The van der Waals surface area contributed by atoms with Crippen molar-refractivity contribution in [1.29, 1.82) is 0 Å². The van der Waals surface area contributed by atoms with Crippen LogP contribution in [0.15, 0.2) is 0 Å². The Bertz CT molecular complexity index is 138. The van der Waals surface area contributed by atoms with Gasteiger partial charge < -0.3 is 10.0 Å². The van der Waals surface area contributed by atoms with Crippen LogP contribution in [0.5, 0.6) is 0 Å². The van der Waals surface area contributed by atoms with Gasteiger partial charge in [-0.1, -0.05) is 0 Å². The maximum absolute atomic E-state index is 9.78. The predicted molar refractivity (Wildman–Crippen MR) is 32.5 cm³/mol. The van der Waals surface area contributed by atoms with Crippen LogP contribution in [0.3, 0.4) is 0 Å². The van der Waals surface area contributed by atoms with Gasteiger partial charge in [0.1, 0.15) is 0 Å². The van der Waals surface area contributed by atoms with Crippen LogP contribution in [0.4, 0.5) is 0 Å². The molecular formula is C3H8CaO4S. The fourth-order valence-electron chi connectivity index (χ4n) is 0. The van der Waals surface area contributed by atoms with Gasteiger partial charge in [0.15, 0.2) is 0 Å². The molecule has 4 nitrogen and oxygen atoms in total. The Hall–Kier alpha value is 1.13. The molecule has 0 atom stereocenters. The summed E-state index contributed by atoms with van der Waals surface area (Å²) in [5.74, 6) is 0. The van der Waals surface area contributed by atoms with Crippen molar-refractivity contribution in [3.05, 3.63) is 0 Å². The Kier molecular flexibility index (Phi) is 10.9. The first kappa shape index (κ1) is 16.6. The minimum Gasteiger partial charge on any atom is -0.870 e. The van der Waals surface area contributed by atoms with Crippen LogP contribution in [0.2, 0.25) is 0 Å². The minimum absolute atomic E-state index is 0. The molecule has 0 fully saturated rings. The van der Waals surface area contributed by atoms with E-state index in [1.807, 2.05) is 0 Å². The third-order valence-corrected chi connectivity index (χ3v) is 1.73. The Balaban J connectivity index is -0.000000180. The van der Waals surface area contributed by atoms with Crippen molar-refractivity contribution in [2.24, 2.45) is 0 Å². The zero-order chi connectivity index (χ0) is 6.08. The van der Waals surface area contributed by atoms with Crippen molar-refractivity contribution in [3.63, 3.8) is 0 Å². The van der Waals surface area contributed by atoms with Crippen molar-refractivity contribution in [3.8, 4) is 0 Å². The smallest absolute Gasteiger partial charge is 0.870 e. The van der Waals surface area contributed by atoms with Crippen LogP contribution in [-0.4, -0.2) is 61.4 Å². The maximum atomic E-state index is 9.78. The van der Waals surface area contributed by atoms with Gasteiger partial charge in [0, 0.05) is 5.25 Å². The summed E-state index contributed by atoms with van der Waals surface area (Å²) in [5, 5.41) is -0.785. The quantitative estimate of drug-likeness (QED) is 0.397. The summed E-state index contributed by atoms with van der Waals surface area (Å²) in [4.78, 5) is 0. The van der Waals surface area contributed by atoms with Crippen molar-refractivity contribution in [1.82, 2.24) is 0 Å². The van der Waals surface area contributed by atoms with Gasteiger partial charge >= 0.3 is 37.7 Å². The molecule has 1 N–H and O–H groups in total. The van der Waals surface area contributed by atoms with Crippen molar-refractivity contribution >= 4 is 47.9 Å². The molecule has 0 aliphatic rings. The average molecular weight is 180 g/mol. The monoisotopic (exact) mass is 180 g/mol. The van der Waals surface area contributed by atoms with Crippen LogP contribution >= 0.6 is 0 Å². The van der Waals surface area contributed by atoms with Crippen LogP contribution in [-0.2, 0) is 10.1 Å². The summed E-state index contributed by atoms with van der Waals surface area (Å²) < 4.78 is 29.3. The standard InChI is InChI=1S/C3H8O3S.Ca.H2O/c1-3(2)7(4,5)6;;/h3H,1-2H3,(H,4,5,6);;1H2/q;+2;/p-2. The minimum atomic E-state index is -3.99. The fraction of sp³-hybridized carbons (Fsp3) is 1.00. The first-order valence-electron chi connectivity index (χ1n) is 1.89. The van der Waals surface area contributed by atoms with E-state index in [1.54, 1.807) is 0 Å². The van der Waals surface area contributed by atoms with E-state index >= 15 is 0 Å².